The Morgan fingerprint density at radius 1 is 0.968 bits per heavy atom. The van der Waals surface area contributed by atoms with Crippen LogP contribution < -0.4 is 5.73 Å². The van der Waals surface area contributed by atoms with Gasteiger partial charge in [-0.1, -0.05) is 74.9 Å². The van der Waals surface area contributed by atoms with Gasteiger partial charge in [0.1, 0.15) is 0 Å². The highest BCUT2D eigenvalue weighted by Crippen LogP contribution is 2.36. The molecule has 1 aliphatic rings. The first-order valence-electron chi connectivity index (χ1n) is 10.9. The second-order valence-electron chi connectivity index (χ2n) is 7.45. The van der Waals surface area contributed by atoms with Crippen molar-refractivity contribution < 1.29 is 4.92 Å². The van der Waals surface area contributed by atoms with Crippen LogP contribution in [0.3, 0.4) is 0 Å². The van der Waals surface area contributed by atoms with Crippen molar-refractivity contribution in [1.82, 2.24) is 9.88 Å². The number of benzene rings is 2. The Kier molecular flexibility index (Phi) is 7.73. The number of hydrogen-bond acceptors (Lipinski definition) is 5. The first-order chi connectivity index (χ1) is 15.1. The Morgan fingerprint density at radius 3 is 2.23 bits per heavy atom. The summed E-state index contributed by atoms with van der Waals surface area (Å²) in [7, 11) is 0. The molecule has 0 spiro atoms. The SMILES string of the molecule is CC.Nc1nc(-c2ccc(CN3CCCCC3)cc2)c(-c2ccccc2)cc1[N+](=O)[O-]. The number of nitrogens with zero attached hydrogens (tertiary/aromatic N) is 3. The van der Waals surface area contributed by atoms with Gasteiger partial charge in [0.25, 0.3) is 0 Å². The number of nitrogens with two attached hydrogens (primary N) is 1. The molecule has 0 bridgehead atoms. The highest BCUT2D eigenvalue weighted by molar-refractivity contribution is 5.84. The van der Waals surface area contributed by atoms with Gasteiger partial charge in [0.05, 0.1) is 10.6 Å². The summed E-state index contributed by atoms with van der Waals surface area (Å²) in [6.45, 7) is 7.25. The molecule has 2 N–H and O–H groups in total. The molecule has 2 aromatic carbocycles. The predicted molar refractivity (Wildman–Crippen MR) is 127 cm³/mol. The smallest absolute Gasteiger partial charge is 0.311 e. The number of pyridine rings is 1. The summed E-state index contributed by atoms with van der Waals surface area (Å²) in [5, 5.41) is 11.4. The van der Waals surface area contributed by atoms with Gasteiger partial charge in [-0.15, -0.1) is 0 Å². The van der Waals surface area contributed by atoms with E-state index in [-0.39, 0.29) is 11.5 Å². The van der Waals surface area contributed by atoms with E-state index < -0.39 is 4.92 Å². The Balaban J connectivity index is 0.00000132. The lowest BCUT2D eigenvalue weighted by Crippen LogP contribution is -2.28. The number of anilines is 1. The molecule has 0 aliphatic carbocycles. The van der Waals surface area contributed by atoms with E-state index in [9.17, 15) is 10.1 Å². The summed E-state index contributed by atoms with van der Waals surface area (Å²) < 4.78 is 0. The van der Waals surface area contributed by atoms with Gasteiger partial charge in [0, 0.05) is 23.7 Å². The Labute approximate surface area is 183 Å². The molecule has 31 heavy (non-hydrogen) atoms. The fourth-order valence-electron chi connectivity index (χ4n) is 3.86. The molecule has 162 valence electrons. The number of hydrogen-bond donors (Lipinski definition) is 1. The normalized spacial score (nSPS) is 13.9. The van der Waals surface area contributed by atoms with Crippen LogP contribution in [0.1, 0.15) is 38.7 Å². The Hall–Kier alpha value is -3.25. The Bertz CT molecular complexity index is 998. The molecule has 0 atom stereocenters. The summed E-state index contributed by atoms with van der Waals surface area (Å²) in [4.78, 5) is 17.8. The topological polar surface area (TPSA) is 85.3 Å². The van der Waals surface area contributed by atoms with Crippen LogP contribution in [0.15, 0.2) is 60.7 Å². The van der Waals surface area contributed by atoms with Gasteiger partial charge in [-0.25, -0.2) is 4.98 Å². The van der Waals surface area contributed by atoms with E-state index in [0.717, 1.165) is 30.8 Å². The monoisotopic (exact) mass is 418 g/mol. The summed E-state index contributed by atoms with van der Waals surface area (Å²) in [5.41, 5.74) is 10.1. The molecule has 0 unspecified atom stereocenters. The lowest BCUT2D eigenvalue weighted by Gasteiger charge is -2.26. The van der Waals surface area contributed by atoms with Gasteiger partial charge in [0.2, 0.25) is 5.82 Å². The van der Waals surface area contributed by atoms with Gasteiger partial charge in [-0.05, 0) is 37.1 Å². The molecular weight excluding hydrogens is 388 g/mol. The minimum atomic E-state index is -0.486. The molecule has 0 saturated carbocycles. The molecule has 6 nitrogen and oxygen atoms in total. The molecule has 4 rings (SSSR count). The maximum atomic E-state index is 11.4. The molecule has 1 aliphatic heterocycles. The van der Waals surface area contributed by atoms with Gasteiger partial charge >= 0.3 is 5.69 Å². The molecular formula is C25H30N4O2. The minimum absolute atomic E-state index is 0.0675. The standard InChI is InChI=1S/C23H24N4O2.C2H6/c24-23-21(27(28)29)15-20(18-7-3-1-4-8-18)22(25-23)19-11-9-17(10-12-19)16-26-13-5-2-6-14-26;1-2/h1,3-4,7-12,15H,2,5-6,13-14,16H2,(H2,24,25);1-2H3. The maximum absolute atomic E-state index is 11.4. The van der Waals surface area contributed by atoms with Gasteiger partial charge in [-0.3, -0.25) is 15.0 Å². The average molecular weight is 419 g/mol. The molecule has 0 radical (unpaired) electrons. The van der Waals surface area contributed by atoms with Crippen molar-refractivity contribution in [2.75, 3.05) is 18.8 Å². The fraction of sp³-hybridized carbons (Fsp3) is 0.320. The maximum Gasteiger partial charge on any atom is 0.311 e. The van der Waals surface area contributed by atoms with E-state index in [0.29, 0.717) is 11.3 Å². The number of aromatic nitrogens is 1. The second-order valence-corrected chi connectivity index (χ2v) is 7.45. The van der Waals surface area contributed by atoms with Crippen LogP contribution >= 0.6 is 0 Å². The molecule has 1 aromatic heterocycles. The minimum Gasteiger partial charge on any atom is -0.378 e. The number of likely N-dealkylation sites (tertiary alicyclic amines) is 1. The largest absolute Gasteiger partial charge is 0.378 e. The average Bonchev–Trinajstić information content (AvgIpc) is 2.82. The van der Waals surface area contributed by atoms with Crippen LogP contribution in [0, 0.1) is 10.1 Å². The number of piperidine rings is 1. The molecule has 0 amide bonds. The second kappa shape index (κ2) is 10.7. The molecule has 6 heteroatoms. The van der Waals surface area contributed by atoms with Gasteiger partial charge < -0.3 is 5.73 Å². The van der Waals surface area contributed by atoms with Crippen molar-refractivity contribution in [3.05, 3.63) is 76.3 Å². The van der Waals surface area contributed by atoms with Crippen molar-refractivity contribution in [3.63, 3.8) is 0 Å². The quantitative estimate of drug-likeness (QED) is 0.411. The van der Waals surface area contributed by atoms with Crippen molar-refractivity contribution in [3.8, 4) is 22.4 Å². The van der Waals surface area contributed by atoms with E-state index in [1.54, 1.807) is 0 Å². The summed E-state index contributed by atoms with van der Waals surface area (Å²) in [5.74, 6) is -0.0675. The number of nitrogen functional groups attached to an aromatic ring is 1. The fourth-order valence-corrected chi connectivity index (χ4v) is 3.86. The van der Waals surface area contributed by atoms with E-state index in [1.807, 2.05) is 56.3 Å². The number of rotatable bonds is 5. The predicted octanol–water partition coefficient (Wildman–Crippen LogP) is 5.92. The van der Waals surface area contributed by atoms with Crippen molar-refractivity contribution >= 4 is 11.5 Å². The van der Waals surface area contributed by atoms with Gasteiger partial charge in [0.15, 0.2) is 0 Å². The van der Waals surface area contributed by atoms with Crippen LogP contribution in [0.5, 0.6) is 0 Å². The van der Waals surface area contributed by atoms with E-state index >= 15 is 0 Å². The zero-order chi connectivity index (χ0) is 22.2. The van der Waals surface area contributed by atoms with E-state index in [4.69, 9.17) is 5.73 Å². The van der Waals surface area contributed by atoms with E-state index in [2.05, 4.69) is 22.0 Å². The molecule has 2 heterocycles. The molecule has 3 aromatic rings. The van der Waals surface area contributed by atoms with Crippen molar-refractivity contribution in [2.45, 2.75) is 39.7 Å². The zero-order valence-corrected chi connectivity index (χ0v) is 18.3. The Morgan fingerprint density at radius 2 is 1.61 bits per heavy atom. The summed E-state index contributed by atoms with van der Waals surface area (Å²) in [6.07, 6.45) is 3.86. The first kappa shape index (κ1) is 22.4. The third kappa shape index (κ3) is 5.47. The highest BCUT2D eigenvalue weighted by Gasteiger charge is 2.20. The van der Waals surface area contributed by atoms with Crippen LogP contribution in [-0.4, -0.2) is 27.9 Å². The first-order valence-corrected chi connectivity index (χ1v) is 10.9. The van der Waals surface area contributed by atoms with Crippen LogP contribution in [0.4, 0.5) is 11.5 Å². The van der Waals surface area contributed by atoms with Crippen molar-refractivity contribution in [2.24, 2.45) is 0 Å². The summed E-state index contributed by atoms with van der Waals surface area (Å²) >= 11 is 0. The third-order valence-electron chi connectivity index (χ3n) is 5.39. The van der Waals surface area contributed by atoms with E-state index in [1.165, 1.54) is 30.9 Å². The van der Waals surface area contributed by atoms with Crippen LogP contribution in [0.2, 0.25) is 0 Å². The summed E-state index contributed by atoms with van der Waals surface area (Å²) in [6, 6.07) is 19.4. The number of nitro groups is 1. The third-order valence-corrected chi connectivity index (χ3v) is 5.39. The lowest BCUT2D eigenvalue weighted by atomic mass is 9.98. The van der Waals surface area contributed by atoms with Crippen LogP contribution in [-0.2, 0) is 6.54 Å². The van der Waals surface area contributed by atoms with Crippen LogP contribution in [0.25, 0.3) is 22.4 Å². The zero-order valence-electron chi connectivity index (χ0n) is 18.3. The highest BCUT2D eigenvalue weighted by atomic mass is 16.6. The molecule has 1 fully saturated rings. The lowest BCUT2D eigenvalue weighted by molar-refractivity contribution is -0.384. The van der Waals surface area contributed by atoms with Gasteiger partial charge in [-0.2, -0.15) is 0 Å². The molecule has 1 saturated heterocycles. The van der Waals surface area contributed by atoms with Crippen molar-refractivity contribution in [1.29, 1.82) is 0 Å².